The molecule has 0 unspecified atom stereocenters. The van der Waals surface area contributed by atoms with Crippen molar-refractivity contribution in [3.05, 3.63) is 87.0 Å². The summed E-state index contributed by atoms with van der Waals surface area (Å²) >= 11 is 0. The molecule has 3 aromatic rings. The number of hydrogen-bond acceptors (Lipinski definition) is 7. The number of hydrogen-bond donors (Lipinski definition) is 3. The molecule has 0 saturated heterocycles. The summed E-state index contributed by atoms with van der Waals surface area (Å²) in [6, 6.07) is 13.3. The fourth-order valence-corrected chi connectivity index (χ4v) is 3.28. The third-order valence-corrected chi connectivity index (χ3v) is 4.46. The summed E-state index contributed by atoms with van der Waals surface area (Å²) in [6.07, 6.45) is 0. The normalized spacial score (nSPS) is 12.3. The Hall–Kier alpha value is -4.20. The number of nitrogens with zero attached hydrogens (tertiary/aromatic N) is 1. The summed E-state index contributed by atoms with van der Waals surface area (Å²) in [7, 11) is 0. The van der Waals surface area contributed by atoms with Gasteiger partial charge in [-0.1, -0.05) is 18.2 Å². The van der Waals surface area contributed by atoms with E-state index < -0.39 is 33.5 Å². The standard InChI is InChI=1S/C20H12N2O6/c23-11-8-13-16(14(9-11)21-10-4-2-1-3-5-10)20(26)17-12(19(13)25)6-7-15(24)18(17)22(27)28/h1-9,21,23-24H. The van der Waals surface area contributed by atoms with Gasteiger partial charge in [-0.05, 0) is 30.3 Å². The number of phenols is 2. The van der Waals surface area contributed by atoms with E-state index in [4.69, 9.17) is 0 Å². The summed E-state index contributed by atoms with van der Waals surface area (Å²) in [6.45, 7) is 0. The first-order valence-electron chi connectivity index (χ1n) is 8.17. The zero-order valence-electron chi connectivity index (χ0n) is 14.2. The molecule has 0 saturated carbocycles. The largest absolute Gasteiger partial charge is 0.508 e. The van der Waals surface area contributed by atoms with Crippen LogP contribution in [0.25, 0.3) is 0 Å². The number of carbonyl (C=O) groups is 2. The van der Waals surface area contributed by atoms with Gasteiger partial charge in [-0.25, -0.2) is 0 Å². The maximum atomic E-state index is 13.2. The molecule has 1 aliphatic rings. The fraction of sp³-hybridized carbons (Fsp3) is 0. The SMILES string of the molecule is O=C1c2cc(O)cc(Nc3ccccc3)c2C(=O)c2c1ccc(O)c2[N+](=O)[O-]. The lowest BCUT2D eigenvalue weighted by molar-refractivity contribution is -0.386. The summed E-state index contributed by atoms with van der Waals surface area (Å²) in [5.41, 5.74) is -0.943. The van der Waals surface area contributed by atoms with Crippen molar-refractivity contribution in [2.24, 2.45) is 0 Å². The Balaban J connectivity index is 1.97. The van der Waals surface area contributed by atoms with Crippen LogP contribution in [0.15, 0.2) is 54.6 Å². The molecule has 0 aliphatic heterocycles. The Morgan fingerprint density at radius 3 is 2.25 bits per heavy atom. The second-order valence-electron chi connectivity index (χ2n) is 6.18. The molecule has 0 amide bonds. The highest BCUT2D eigenvalue weighted by molar-refractivity contribution is 6.32. The smallest absolute Gasteiger partial charge is 0.322 e. The number of nitro benzene ring substituents is 1. The molecular formula is C20H12N2O6. The van der Waals surface area contributed by atoms with Gasteiger partial charge in [0.25, 0.3) is 0 Å². The maximum absolute atomic E-state index is 13.2. The molecule has 0 spiro atoms. The second-order valence-corrected chi connectivity index (χ2v) is 6.18. The van der Waals surface area contributed by atoms with E-state index >= 15 is 0 Å². The number of carbonyl (C=O) groups excluding carboxylic acids is 2. The van der Waals surface area contributed by atoms with E-state index in [1.54, 1.807) is 30.3 Å². The van der Waals surface area contributed by atoms with Gasteiger partial charge in [0.2, 0.25) is 5.78 Å². The molecule has 8 nitrogen and oxygen atoms in total. The molecule has 3 aromatic carbocycles. The van der Waals surface area contributed by atoms with Gasteiger partial charge < -0.3 is 15.5 Å². The zero-order chi connectivity index (χ0) is 20.0. The van der Waals surface area contributed by atoms with Crippen molar-refractivity contribution < 1.29 is 24.7 Å². The Labute approximate surface area is 157 Å². The topological polar surface area (TPSA) is 130 Å². The molecule has 0 aromatic heterocycles. The number of ketones is 2. The number of phenolic OH excluding ortho intramolecular Hbond substituents is 2. The Morgan fingerprint density at radius 1 is 0.857 bits per heavy atom. The first-order chi connectivity index (χ1) is 13.4. The van der Waals surface area contributed by atoms with Gasteiger partial charge in [0, 0.05) is 22.9 Å². The van der Waals surface area contributed by atoms with E-state index in [0.717, 1.165) is 18.2 Å². The van der Waals surface area contributed by atoms with Gasteiger partial charge in [0.15, 0.2) is 11.5 Å². The van der Waals surface area contributed by atoms with Gasteiger partial charge in [-0.2, -0.15) is 0 Å². The predicted octanol–water partition coefficient (Wildman–Crippen LogP) is 3.53. The average molecular weight is 376 g/mol. The van der Waals surface area contributed by atoms with Crippen molar-refractivity contribution in [1.82, 2.24) is 0 Å². The highest BCUT2D eigenvalue weighted by Crippen LogP contribution is 2.42. The molecule has 0 radical (unpaired) electrons. The van der Waals surface area contributed by atoms with Crippen LogP contribution in [-0.4, -0.2) is 26.7 Å². The number of fused-ring (bicyclic) bond motifs is 2. The van der Waals surface area contributed by atoms with E-state index in [1.807, 2.05) is 0 Å². The summed E-state index contributed by atoms with van der Waals surface area (Å²) < 4.78 is 0. The average Bonchev–Trinajstić information content (AvgIpc) is 2.66. The zero-order valence-corrected chi connectivity index (χ0v) is 14.2. The summed E-state index contributed by atoms with van der Waals surface area (Å²) in [4.78, 5) is 36.6. The number of aromatic hydroxyl groups is 2. The number of rotatable bonds is 3. The van der Waals surface area contributed by atoms with Crippen LogP contribution < -0.4 is 5.32 Å². The van der Waals surface area contributed by atoms with Crippen LogP contribution in [0.5, 0.6) is 11.5 Å². The molecule has 8 heteroatoms. The molecule has 0 bridgehead atoms. The first kappa shape index (κ1) is 17.2. The summed E-state index contributed by atoms with van der Waals surface area (Å²) in [5.74, 6) is -2.38. The van der Waals surface area contributed by atoms with E-state index in [9.17, 15) is 29.9 Å². The minimum absolute atomic E-state index is 0.0732. The lowest BCUT2D eigenvalue weighted by Gasteiger charge is -2.21. The van der Waals surface area contributed by atoms with Crippen LogP contribution in [-0.2, 0) is 0 Å². The van der Waals surface area contributed by atoms with Gasteiger partial charge in [0.05, 0.1) is 16.2 Å². The molecule has 0 heterocycles. The van der Waals surface area contributed by atoms with Gasteiger partial charge in [-0.3, -0.25) is 19.7 Å². The number of benzene rings is 3. The van der Waals surface area contributed by atoms with Crippen molar-refractivity contribution in [3.63, 3.8) is 0 Å². The summed E-state index contributed by atoms with van der Waals surface area (Å²) in [5, 5.41) is 34.3. The maximum Gasteiger partial charge on any atom is 0.322 e. The molecule has 4 rings (SSSR count). The van der Waals surface area contributed by atoms with Crippen LogP contribution in [0.1, 0.15) is 31.8 Å². The lowest BCUT2D eigenvalue weighted by Crippen LogP contribution is -2.23. The van der Waals surface area contributed by atoms with Crippen molar-refractivity contribution >= 4 is 28.6 Å². The third kappa shape index (κ3) is 2.55. The Morgan fingerprint density at radius 2 is 1.57 bits per heavy atom. The minimum atomic E-state index is -0.894. The lowest BCUT2D eigenvalue weighted by atomic mass is 9.82. The van der Waals surface area contributed by atoms with Crippen LogP contribution in [0.3, 0.4) is 0 Å². The molecule has 0 atom stereocenters. The van der Waals surface area contributed by atoms with Crippen LogP contribution in [0, 0.1) is 10.1 Å². The third-order valence-electron chi connectivity index (χ3n) is 4.46. The van der Waals surface area contributed by atoms with Crippen molar-refractivity contribution in [2.45, 2.75) is 0 Å². The molecule has 138 valence electrons. The Bertz CT molecular complexity index is 1170. The van der Waals surface area contributed by atoms with Gasteiger partial charge in [0.1, 0.15) is 11.3 Å². The molecule has 3 N–H and O–H groups in total. The quantitative estimate of drug-likeness (QED) is 0.368. The molecule has 0 fully saturated rings. The number of nitrogens with one attached hydrogen (secondary N) is 1. The van der Waals surface area contributed by atoms with E-state index in [2.05, 4.69) is 5.32 Å². The van der Waals surface area contributed by atoms with E-state index in [-0.39, 0.29) is 28.1 Å². The minimum Gasteiger partial charge on any atom is -0.508 e. The first-order valence-corrected chi connectivity index (χ1v) is 8.17. The van der Waals surface area contributed by atoms with Crippen LogP contribution in [0.4, 0.5) is 17.1 Å². The number of anilines is 2. The fourth-order valence-electron chi connectivity index (χ4n) is 3.28. The number of nitro groups is 1. The Kier molecular flexibility index (Phi) is 3.82. The predicted molar refractivity (Wildman–Crippen MR) is 99.5 cm³/mol. The van der Waals surface area contributed by atoms with E-state index in [0.29, 0.717) is 5.69 Å². The van der Waals surface area contributed by atoms with E-state index in [1.165, 1.54) is 6.07 Å². The van der Waals surface area contributed by atoms with Crippen molar-refractivity contribution in [2.75, 3.05) is 5.32 Å². The van der Waals surface area contributed by atoms with Gasteiger partial charge >= 0.3 is 5.69 Å². The van der Waals surface area contributed by atoms with Crippen molar-refractivity contribution in [1.29, 1.82) is 0 Å². The number of para-hydroxylation sites is 1. The monoisotopic (exact) mass is 376 g/mol. The molecule has 28 heavy (non-hydrogen) atoms. The van der Waals surface area contributed by atoms with Crippen molar-refractivity contribution in [3.8, 4) is 11.5 Å². The van der Waals surface area contributed by atoms with Crippen LogP contribution >= 0.6 is 0 Å². The molecule has 1 aliphatic carbocycles. The van der Waals surface area contributed by atoms with Gasteiger partial charge in [-0.15, -0.1) is 0 Å². The molecular weight excluding hydrogens is 364 g/mol. The highest BCUT2D eigenvalue weighted by atomic mass is 16.6. The second kappa shape index (κ2) is 6.20. The highest BCUT2D eigenvalue weighted by Gasteiger charge is 2.39. The van der Waals surface area contributed by atoms with Crippen LogP contribution in [0.2, 0.25) is 0 Å².